The maximum absolute atomic E-state index is 2.66. The summed E-state index contributed by atoms with van der Waals surface area (Å²) < 4.78 is 0. The summed E-state index contributed by atoms with van der Waals surface area (Å²) in [5, 5.41) is 0. The largest absolute Gasteiger partial charge is 0.310 e. The average molecular weight is 714 g/mol. The smallest absolute Gasteiger partial charge is 0.0540 e. The quantitative estimate of drug-likeness (QED) is 0.176. The van der Waals surface area contributed by atoms with Gasteiger partial charge in [-0.05, 0) is 161 Å². The molecule has 2 spiro atoms. The van der Waals surface area contributed by atoms with Crippen molar-refractivity contribution in [1.29, 1.82) is 0 Å². The van der Waals surface area contributed by atoms with Gasteiger partial charge in [0.25, 0.3) is 0 Å². The Hall–Kier alpha value is -4.88. The summed E-state index contributed by atoms with van der Waals surface area (Å²) in [4.78, 5) is 2.62. The van der Waals surface area contributed by atoms with Crippen LogP contribution in [0.4, 0.5) is 17.1 Å². The Bertz CT molecular complexity index is 2490. The zero-order chi connectivity index (χ0) is 36.5. The van der Waals surface area contributed by atoms with Gasteiger partial charge in [0.2, 0.25) is 0 Å². The SMILES string of the molecule is C[C@@H]1CC2C[C@@H](C1)[C@@]1(c3ccccc3-c3ccc(N(c4ccc5c(c4)-c4ccccc4[C@]54CC5CCC4C5)c4ccccc4-c4ccccc4)cc31)[C@@H](C)C2. The fourth-order valence-electron chi connectivity index (χ4n) is 14.3. The highest BCUT2D eigenvalue weighted by atomic mass is 15.1. The monoisotopic (exact) mass is 713 g/mol. The Labute approximate surface area is 327 Å². The highest BCUT2D eigenvalue weighted by Gasteiger charge is 2.58. The normalized spacial score (nSPS) is 30.3. The molecule has 8 atom stereocenters. The number of hydrogen-bond acceptors (Lipinski definition) is 1. The van der Waals surface area contributed by atoms with Gasteiger partial charge in [0.1, 0.15) is 0 Å². The molecule has 0 aliphatic heterocycles. The van der Waals surface area contributed by atoms with E-state index in [1.807, 2.05) is 0 Å². The molecule has 4 saturated carbocycles. The summed E-state index contributed by atoms with van der Waals surface area (Å²) in [7, 11) is 0. The van der Waals surface area contributed by atoms with Gasteiger partial charge in [0.05, 0.1) is 5.69 Å². The number of fused-ring (bicyclic) bond motifs is 16. The molecule has 0 amide bonds. The maximum Gasteiger partial charge on any atom is 0.0540 e. The average Bonchev–Trinajstić information content (AvgIpc) is 3.97. The van der Waals surface area contributed by atoms with Gasteiger partial charge in [-0.15, -0.1) is 0 Å². The van der Waals surface area contributed by atoms with Crippen LogP contribution in [0.1, 0.15) is 87.5 Å². The molecule has 6 aliphatic carbocycles. The van der Waals surface area contributed by atoms with Crippen molar-refractivity contribution in [3.05, 3.63) is 162 Å². The van der Waals surface area contributed by atoms with Gasteiger partial charge in [-0.2, -0.15) is 0 Å². The Kier molecular flexibility index (Phi) is 6.95. The van der Waals surface area contributed by atoms with Gasteiger partial charge >= 0.3 is 0 Å². The van der Waals surface area contributed by atoms with Crippen molar-refractivity contribution in [3.8, 4) is 33.4 Å². The van der Waals surface area contributed by atoms with Crippen molar-refractivity contribution < 1.29 is 0 Å². The number of anilines is 3. The van der Waals surface area contributed by atoms with Crippen LogP contribution in [0.25, 0.3) is 33.4 Å². The molecule has 6 aromatic rings. The minimum atomic E-state index is 0.0444. The number of benzene rings is 6. The summed E-state index contributed by atoms with van der Waals surface area (Å²) in [6.45, 7) is 5.12. The third-order valence-electron chi connectivity index (χ3n) is 16.0. The van der Waals surface area contributed by atoms with E-state index in [1.165, 1.54) is 102 Å². The van der Waals surface area contributed by atoms with Crippen molar-refractivity contribution in [1.82, 2.24) is 0 Å². The van der Waals surface area contributed by atoms with Crippen LogP contribution >= 0.6 is 0 Å². The molecule has 0 heterocycles. The lowest BCUT2D eigenvalue weighted by Gasteiger charge is -2.54. The number of para-hydroxylation sites is 1. The first-order valence-electron chi connectivity index (χ1n) is 21.5. The molecule has 0 saturated heterocycles. The first-order valence-corrected chi connectivity index (χ1v) is 21.5. The van der Waals surface area contributed by atoms with Crippen LogP contribution in [0.2, 0.25) is 0 Å². The minimum Gasteiger partial charge on any atom is -0.310 e. The Morgan fingerprint density at radius 3 is 1.93 bits per heavy atom. The number of nitrogens with zero attached hydrogens (tertiary/aromatic N) is 1. The van der Waals surface area contributed by atoms with Gasteiger partial charge in [0.15, 0.2) is 0 Å². The van der Waals surface area contributed by atoms with E-state index in [1.54, 1.807) is 22.3 Å². The molecule has 272 valence electrons. The molecule has 12 rings (SSSR count). The maximum atomic E-state index is 2.66. The van der Waals surface area contributed by atoms with E-state index in [2.05, 4.69) is 158 Å². The summed E-state index contributed by atoms with van der Waals surface area (Å²) >= 11 is 0. The van der Waals surface area contributed by atoms with Crippen molar-refractivity contribution in [2.45, 2.75) is 76.0 Å². The van der Waals surface area contributed by atoms with Crippen molar-refractivity contribution in [2.24, 2.45) is 35.5 Å². The van der Waals surface area contributed by atoms with Crippen LogP contribution in [0.15, 0.2) is 140 Å². The van der Waals surface area contributed by atoms with E-state index in [4.69, 9.17) is 0 Å². The number of hydrogen-bond donors (Lipinski definition) is 0. The highest BCUT2D eigenvalue weighted by molar-refractivity contribution is 5.93. The zero-order valence-corrected chi connectivity index (χ0v) is 32.3. The molecule has 3 unspecified atom stereocenters. The standard InChI is InChI=1S/C54H51N/c1-34-26-37-28-35(2)54(40(27-34)30-37)50-18-10-7-15-44(50)46-24-22-42(32-51(46)54)55(52-19-11-8-14-43(52)38-12-4-3-5-13-38)41-23-25-49-47(31-41)45-16-6-9-17-48(45)53(49)33-36-20-21-39(53)29-36/h3-19,22-25,31-32,34-37,39-40H,20-21,26-30,33H2,1-2H3/t34-,35+,36?,37?,39?,40-,53-,54-/m1/s1. The zero-order valence-electron chi connectivity index (χ0n) is 32.3. The van der Waals surface area contributed by atoms with Gasteiger partial charge in [-0.25, -0.2) is 0 Å². The molecule has 0 aromatic heterocycles. The van der Waals surface area contributed by atoms with Crippen LogP contribution in [-0.2, 0) is 10.8 Å². The predicted octanol–water partition coefficient (Wildman–Crippen LogP) is 14.3. The van der Waals surface area contributed by atoms with E-state index in [-0.39, 0.29) is 10.8 Å². The third-order valence-corrected chi connectivity index (χ3v) is 16.0. The molecule has 4 fully saturated rings. The lowest BCUT2D eigenvalue weighted by atomic mass is 9.49. The Balaban J connectivity index is 1.09. The predicted molar refractivity (Wildman–Crippen MR) is 228 cm³/mol. The van der Waals surface area contributed by atoms with E-state index in [0.717, 1.165) is 23.7 Å². The first kappa shape index (κ1) is 32.4. The van der Waals surface area contributed by atoms with Gasteiger partial charge in [0, 0.05) is 27.8 Å². The van der Waals surface area contributed by atoms with E-state index in [9.17, 15) is 0 Å². The lowest BCUT2D eigenvalue weighted by molar-refractivity contribution is 0.0426. The highest BCUT2D eigenvalue weighted by Crippen LogP contribution is 2.67. The van der Waals surface area contributed by atoms with Crippen LogP contribution in [-0.4, -0.2) is 0 Å². The molecule has 0 N–H and O–H groups in total. The van der Waals surface area contributed by atoms with Crippen LogP contribution in [0.3, 0.4) is 0 Å². The van der Waals surface area contributed by atoms with E-state index in [0.29, 0.717) is 11.8 Å². The molecule has 6 aliphatic rings. The summed E-state index contributed by atoms with van der Waals surface area (Å²) in [5.41, 5.74) is 18.7. The van der Waals surface area contributed by atoms with Crippen LogP contribution in [0.5, 0.6) is 0 Å². The molecular weight excluding hydrogens is 663 g/mol. The molecule has 4 bridgehead atoms. The van der Waals surface area contributed by atoms with Crippen LogP contribution < -0.4 is 4.90 Å². The molecule has 0 radical (unpaired) electrons. The Morgan fingerprint density at radius 1 is 0.473 bits per heavy atom. The van der Waals surface area contributed by atoms with Gasteiger partial charge < -0.3 is 4.90 Å². The first-order chi connectivity index (χ1) is 27.0. The second-order valence-corrected chi connectivity index (χ2v) is 18.7. The van der Waals surface area contributed by atoms with E-state index < -0.39 is 0 Å². The summed E-state index contributed by atoms with van der Waals surface area (Å²) in [5.74, 6) is 4.54. The van der Waals surface area contributed by atoms with Crippen molar-refractivity contribution >= 4 is 17.1 Å². The fraction of sp³-hybridized carbons (Fsp3) is 0.333. The second kappa shape index (κ2) is 11.8. The topological polar surface area (TPSA) is 3.24 Å². The van der Waals surface area contributed by atoms with E-state index >= 15 is 0 Å². The molecule has 6 aromatic carbocycles. The molecule has 1 heteroatoms. The van der Waals surface area contributed by atoms with Crippen molar-refractivity contribution in [3.63, 3.8) is 0 Å². The van der Waals surface area contributed by atoms with Crippen LogP contribution in [0, 0.1) is 35.5 Å². The summed E-state index contributed by atoms with van der Waals surface area (Å²) in [6.07, 6.45) is 10.9. The van der Waals surface area contributed by atoms with Gasteiger partial charge in [-0.1, -0.05) is 129 Å². The Morgan fingerprint density at radius 2 is 1.13 bits per heavy atom. The lowest BCUT2D eigenvalue weighted by Crippen LogP contribution is -2.49. The third kappa shape index (κ3) is 4.36. The summed E-state index contributed by atoms with van der Waals surface area (Å²) in [6, 6.07) is 54.3. The fourth-order valence-corrected chi connectivity index (χ4v) is 14.3. The van der Waals surface area contributed by atoms with Crippen molar-refractivity contribution in [2.75, 3.05) is 4.90 Å². The number of rotatable bonds is 4. The molecule has 1 nitrogen and oxygen atoms in total. The molecular formula is C54H51N. The minimum absolute atomic E-state index is 0.0444. The molecule has 55 heavy (non-hydrogen) atoms. The second-order valence-electron chi connectivity index (χ2n) is 18.7. The van der Waals surface area contributed by atoms with Gasteiger partial charge in [-0.3, -0.25) is 0 Å².